The third-order valence-electron chi connectivity index (χ3n) is 5.15. The zero-order valence-electron chi connectivity index (χ0n) is 14.8. The highest BCUT2D eigenvalue weighted by Crippen LogP contribution is 2.45. The minimum atomic E-state index is -2.33. The minimum absolute atomic E-state index is 0.154. The maximum atomic E-state index is 10.5. The lowest BCUT2D eigenvalue weighted by Crippen LogP contribution is -2.43. The molecule has 2 N–H and O–H groups in total. The van der Waals surface area contributed by atoms with Crippen molar-refractivity contribution in [3.63, 3.8) is 0 Å². The van der Waals surface area contributed by atoms with Gasteiger partial charge in [0.15, 0.2) is 8.32 Å². The third kappa shape index (κ3) is 5.34. The second-order valence-corrected chi connectivity index (χ2v) is 12.2. The lowest BCUT2D eigenvalue weighted by molar-refractivity contribution is -0.0319. The molecular weight excluding hydrogens is 295 g/mol. The van der Waals surface area contributed by atoms with Gasteiger partial charge in [-0.15, -0.1) is 0 Å². The van der Waals surface area contributed by atoms with Crippen molar-refractivity contribution in [1.82, 2.24) is 0 Å². The van der Waals surface area contributed by atoms with Gasteiger partial charge in [0.25, 0.3) is 0 Å². The molecule has 1 fully saturated rings. The number of ether oxygens (including phenoxy) is 2. The molecule has 0 aliphatic carbocycles. The van der Waals surface area contributed by atoms with Crippen LogP contribution >= 0.6 is 0 Å². The number of aliphatic hydroxyl groups is 1. The molecule has 0 aromatic carbocycles. The molecule has 1 aliphatic rings. The molecule has 0 aromatic rings. The summed E-state index contributed by atoms with van der Waals surface area (Å²) in [7, 11) is 3.73. The Morgan fingerprint density at radius 2 is 1.91 bits per heavy atom. The molecule has 1 aliphatic heterocycles. The van der Waals surface area contributed by atoms with E-state index in [1.165, 1.54) is 0 Å². The quantitative estimate of drug-likeness (QED) is 0.504. The molecular formula is C16H33BO4Si. The first-order valence-corrected chi connectivity index (χ1v) is 11.4. The topological polar surface area (TPSA) is 58.9 Å². The standard InChI is InChI=1S/C16H33BO4Si/c1-6-7-8-9-20-11-13-14(18)12(15(17)21-13)10-16(2,3)22(4,5)19/h12-15,18-19H,6-11H2,1-5H3. The van der Waals surface area contributed by atoms with Crippen molar-refractivity contribution in [3.8, 4) is 0 Å². The molecule has 4 atom stereocenters. The van der Waals surface area contributed by atoms with Crippen LogP contribution in [-0.2, 0) is 9.47 Å². The molecule has 4 nitrogen and oxygen atoms in total. The van der Waals surface area contributed by atoms with Crippen LogP contribution in [-0.4, -0.2) is 57.5 Å². The first kappa shape index (κ1) is 20.2. The molecule has 1 saturated heterocycles. The highest BCUT2D eigenvalue weighted by molar-refractivity contribution is 6.72. The fraction of sp³-hybridized carbons (Fsp3) is 1.00. The van der Waals surface area contributed by atoms with Gasteiger partial charge in [-0.3, -0.25) is 0 Å². The average molecular weight is 328 g/mol. The van der Waals surface area contributed by atoms with Crippen LogP contribution in [0.4, 0.5) is 0 Å². The number of aliphatic hydroxyl groups excluding tert-OH is 1. The maximum absolute atomic E-state index is 10.5. The van der Waals surface area contributed by atoms with Crippen molar-refractivity contribution < 1.29 is 19.4 Å². The van der Waals surface area contributed by atoms with Gasteiger partial charge in [-0.25, -0.2) is 0 Å². The van der Waals surface area contributed by atoms with E-state index in [1.807, 2.05) is 26.9 Å². The molecule has 6 heteroatoms. The summed E-state index contributed by atoms with van der Waals surface area (Å²) < 4.78 is 11.3. The monoisotopic (exact) mass is 328 g/mol. The van der Waals surface area contributed by atoms with E-state index in [0.717, 1.165) is 19.3 Å². The zero-order chi connectivity index (χ0) is 17.0. The van der Waals surface area contributed by atoms with Gasteiger partial charge in [-0.05, 0) is 31.0 Å². The Kier molecular flexibility index (Phi) is 7.60. The second kappa shape index (κ2) is 8.29. The van der Waals surface area contributed by atoms with Crippen LogP contribution in [0.15, 0.2) is 0 Å². The van der Waals surface area contributed by atoms with Gasteiger partial charge in [0, 0.05) is 18.5 Å². The summed E-state index contributed by atoms with van der Waals surface area (Å²) in [6, 6.07) is -0.491. The van der Waals surface area contributed by atoms with E-state index in [1.54, 1.807) is 0 Å². The van der Waals surface area contributed by atoms with E-state index >= 15 is 0 Å². The molecule has 0 spiro atoms. The smallest absolute Gasteiger partial charge is 0.188 e. The van der Waals surface area contributed by atoms with Crippen LogP contribution in [0, 0.1) is 5.92 Å². The number of hydrogen-bond donors (Lipinski definition) is 2. The van der Waals surface area contributed by atoms with Crippen LogP contribution in [0.2, 0.25) is 18.1 Å². The van der Waals surface area contributed by atoms with E-state index in [-0.39, 0.29) is 17.1 Å². The largest absolute Gasteiger partial charge is 0.432 e. The van der Waals surface area contributed by atoms with Crippen LogP contribution < -0.4 is 0 Å². The SMILES string of the molecule is [B]C1OC(COCCCCC)C(O)C1CC(C)(C)[Si](C)(C)O. The molecule has 2 radical (unpaired) electrons. The Morgan fingerprint density at radius 1 is 1.27 bits per heavy atom. The average Bonchev–Trinajstić information content (AvgIpc) is 2.65. The lowest BCUT2D eigenvalue weighted by Gasteiger charge is -2.38. The number of unbranched alkanes of at least 4 members (excludes halogenated alkanes) is 2. The fourth-order valence-electron chi connectivity index (χ4n) is 2.72. The van der Waals surface area contributed by atoms with Gasteiger partial charge in [-0.2, -0.15) is 0 Å². The van der Waals surface area contributed by atoms with Crippen molar-refractivity contribution in [2.45, 2.75) is 82.8 Å². The van der Waals surface area contributed by atoms with Crippen molar-refractivity contribution >= 4 is 16.2 Å². The van der Waals surface area contributed by atoms with E-state index in [2.05, 4.69) is 6.92 Å². The molecule has 1 heterocycles. The van der Waals surface area contributed by atoms with E-state index in [4.69, 9.17) is 17.3 Å². The van der Waals surface area contributed by atoms with Gasteiger partial charge in [-0.1, -0.05) is 33.6 Å². The summed E-state index contributed by atoms with van der Waals surface area (Å²) in [4.78, 5) is 10.4. The predicted octanol–water partition coefficient (Wildman–Crippen LogP) is 2.43. The zero-order valence-corrected chi connectivity index (χ0v) is 15.8. The molecule has 0 amide bonds. The summed E-state index contributed by atoms with van der Waals surface area (Å²) in [5, 5.41) is 10.3. The Hall–Kier alpha value is 0.122. The van der Waals surface area contributed by atoms with Crippen LogP contribution in [0.1, 0.15) is 46.5 Å². The summed E-state index contributed by atoms with van der Waals surface area (Å²) in [6.45, 7) is 11.2. The second-order valence-electron chi connectivity index (χ2n) is 7.72. The number of rotatable bonds is 9. The molecule has 128 valence electrons. The lowest BCUT2D eigenvalue weighted by atomic mass is 9.79. The highest BCUT2D eigenvalue weighted by atomic mass is 28.4. The third-order valence-corrected chi connectivity index (χ3v) is 8.67. The maximum Gasteiger partial charge on any atom is 0.188 e. The van der Waals surface area contributed by atoms with Gasteiger partial charge < -0.3 is 19.4 Å². The molecule has 1 rings (SSSR count). The Bertz CT molecular complexity index is 333. The van der Waals surface area contributed by atoms with Gasteiger partial charge in [0.2, 0.25) is 0 Å². The fourth-order valence-corrected chi connectivity index (χ4v) is 3.46. The number of hydrogen-bond acceptors (Lipinski definition) is 4. The van der Waals surface area contributed by atoms with Crippen molar-refractivity contribution in [3.05, 3.63) is 0 Å². The molecule has 0 saturated carbocycles. The van der Waals surface area contributed by atoms with E-state index in [0.29, 0.717) is 19.6 Å². The van der Waals surface area contributed by atoms with Gasteiger partial charge in [0.1, 0.15) is 14.0 Å². The minimum Gasteiger partial charge on any atom is -0.432 e. The summed E-state index contributed by atoms with van der Waals surface area (Å²) >= 11 is 0. The van der Waals surface area contributed by atoms with E-state index < -0.39 is 20.4 Å². The first-order chi connectivity index (χ1) is 10.1. The van der Waals surface area contributed by atoms with Gasteiger partial charge in [0.05, 0.1) is 12.7 Å². The summed E-state index contributed by atoms with van der Waals surface area (Å²) in [6.07, 6.45) is 3.02. The van der Waals surface area contributed by atoms with Crippen LogP contribution in [0.5, 0.6) is 0 Å². The molecule has 22 heavy (non-hydrogen) atoms. The molecule has 0 aromatic heterocycles. The Morgan fingerprint density at radius 3 is 2.45 bits per heavy atom. The van der Waals surface area contributed by atoms with Crippen LogP contribution in [0.25, 0.3) is 0 Å². The van der Waals surface area contributed by atoms with Crippen molar-refractivity contribution in [1.29, 1.82) is 0 Å². The van der Waals surface area contributed by atoms with Crippen LogP contribution in [0.3, 0.4) is 0 Å². The Labute approximate surface area is 138 Å². The van der Waals surface area contributed by atoms with Gasteiger partial charge >= 0.3 is 0 Å². The summed E-state index contributed by atoms with van der Waals surface area (Å²) in [5.41, 5.74) is 0. The Balaban J connectivity index is 2.50. The highest BCUT2D eigenvalue weighted by Gasteiger charge is 2.47. The first-order valence-electron chi connectivity index (χ1n) is 8.49. The van der Waals surface area contributed by atoms with Crippen molar-refractivity contribution in [2.24, 2.45) is 5.92 Å². The molecule has 4 unspecified atom stereocenters. The van der Waals surface area contributed by atoms with Crippen molar-refractivity contribution in [2.75, 3.05) is 13.2 Å². The normalized spacial score (nSPS) is 30.0. The summed E-state index contributed by atoms with van der Waals surface area (Å²) in [5.74, 6) is -0.154. The predicted molar refractivity (Wildman–Crippen MR) is 92.6 cm³/mol. The molecule has 0 bridgehead atoms. The van der Waals surface area contributed by atoms with E-state index in [9.17, 15) is 9.90 Å².